The van der Waals surface area contributed by atoms with Gasteiger partial charge in [-0.05, 0) is 41.5 Å². The number of nitrogens with one attached hydrogen (secondary N) is 1. The summed E-state index contributed by atoms with van der Waals surface area (Å²) < 4.78 is 10.1. The first-order chi connectivity index (χ1) is 7.91. The molecule has 1 N–H and O–H groups in total. The number of rotatable bonds is 4. The molecule has 0 heterocycles. The molecule has 0 aromatic heterocycles. The Labute approximate surface area is 108 Å². The van der Waals surface area contributed by atoms with Crippen molar-refractivity contribution in [1.29, 1.82) is 5.41 Å². The summed E-state index contributed by atoms with van der Waals surface area (Å²) in [5.74, 6) is -1.11. The van der Waals surface area contributed by atoms with E-state index in [2.05, 4.69) is 0 Å². The molecule has 0 unspecified atom stereocenters. The van der Waals surface area contributed by atoms with Gasteiger partial charge in [0.2, 0.25) is 0 Å². The highest BCUT2D eigenvalue weighted by Gasteiger charge is 2.22. The Bertz CT molecular complexity index is 334. The van der Waals surface area contributed by atoms with Gasteiger partial charge in [-0.25, -0.2) is 4.79 Å². The molecule has 0 rings (SSSR count). The summed E-state index contributed by atoms with van der Waals surface area (Å²) in [5, 5.41) is 7.52. The van der Waals surface area contributed by atoms with Gasteiger partial charge in [-0.1, -0.05) is 0 Å². The first kappa shape index (κ1) is 16.6. The summed E-state index contributed by atoms with van der Waals surface area (Å²) in [7, 11) is 0. The molecule has 0 fully saturated rings. The fourth-order valence-corrected chi connectivity index (χ4v) is 1.06. The molecule has 0 saturated heterocycles. The van der Waals surface area contributed by atoms with Gasteiger partial charge in [0.25, 0.3) is 0 Å². The molecule has 0 aliphatic heterocycles. The van der Waals surface area contributed by atoms with Crippen molar-refractivity contribution in [3.63, 3.8) is 0 Å². The van der Waals surface area contributed by atoms with Gasteiger partial charge in [0.05, 0.1) is 6.42 Å². The predicted molar refractivity (Wildman–Crippen MR) is 68.7 cm³/mol. The van der Waals surface area contributed by atoms with Gasteiger partial charge in [0.1, 0.15) is 16.9 Å². The van der Waals surface area contributed by atoms with E-state index in [1.54, 1.807) is 41.5 Å². The highest BCUT2D eigenvalue weighted by molar-refractivity contribution is 6.35. The SMILES string of the molecule is CC(C)(C)OC(=O)CCC(=N)C(=O)OC(C)(C)C. The van der Waals surface area contributed by atoms with Crippen LogP contribution in [-0.4, -0.2) is 28.9 Å². The minimum atomic E-state index is -0.689. The molecule has 0 spiro atoms. The maximum Gasteiger partial charge on any atom is 0.352 e. The van der Waals surface area contributed by atoms with Gasteiger partial charge in [-0.2, -0.15) is 0 Å². The lowest BCUT2D eigenvalue weighted by molar-refractivity contribution is -0.154. The lowest BCUT2D eigenvalue weighted by atomic mass is 10.1. The van der Waals surface area contributed by atoms with Crippen LogP contribution in [0.5, 0.6) is 0 Å². The Morgan fingerprint density at radius 2 is 1.33 bits per heavy atom. The maximum absolute atomic E-state index is 11.5. The molecule has 0 amide bonds. The molecule has 0 saturated carbocycles. The van der Waals surface area contributed by atoms with Crippen molar-refractivity contribution >= 4 is 17.7 Å². The van der Waals surface area contributed by atoms with Crippen LogP contribution in [0.4, 0.5) is 0 Å². The van der Waals surface area contributed by atoms with Gasteiger partial charge in [-0.15, -0.1) is 0 Å². The van der Waals surface area contributed by atoms with E-state index in [4.69, 9.17) is 14.9 Å². The Hall–Kier alpha value is -1.39. The van der Waals surface area contributed by atoms with Gasteiger partial charge in [0, 0.05) is 6.42 Å². The third-order valence-corrected chi connectivity index (χ3v) is 1.64. The predicted octanol–water partition coefficient (Wildman–Crippen LogP) is 2.47. The Morgan fingerprint density at radius 1 is 0.889 bits per heavy atom. The van der Waals surface area contributed by atoms with Crippen molar-refractivity contribution < 1.29 is 19.1 Å². The summed E-state index contributed by atoms with van der Waals surface area (Å²) in [6.07, 6.45) is 0.0408. The second kappa shape index (κ2) is 5.98. The summed E-state index contributed by atoms with van der Waals surface area (Å²) in [5.41, 5.74) is -1.39. The molecule has 0 atom stereocenters. The van der Waals surface area contributed by atoms with E-state index in [1.807, 2.05) is 0 Å². The van der Waals surface area contributed by atoms with Crippen LogP contribution >= 0.6 is 0 Å². The lowest BCUT2D eigenvalue weighted by Crippen LogP contribution is -2.29. The average molecular weight is 257 g/mol. The first-order valence-corrected chi connectivity index (χ1v) is 5.93. The van der Waals surface area contributed by atoms with E-state index in [-0.39, 0.29) is 18.6 Å². The third kappa shape index (κ3) is 8.73. The van der Waals surface area contributed by atoms with Crippen LogP contribution in [0, 0.1) is 5.41 Å². The standard InChI is InChI=1S/C13H23NO4/c1-12(2,3)17-10(15)8-7-9(14)11(16)18-13(4,5)6/h14H,7-8H2,1-6H3. The molecular weight excluding hydrogens is 234 g/mol. The van der Waals surface area contributed by atoms with Crippen LogP contribution < -0.4 is 0 Å². The van der Waals surface area contributed by atoms with Gasteiger partial charge in [-0.3, -0.25) is 10.2 Å². The van der Waals surface area contributed by atoms with Crippen molar-refractivity contribution in [2.75, 3.05) is 0 Å². The summed E-state index contributed by atoms with van der Waals surface area (Å²) >= 11 is 0. The largest absolute Gasteiger partial charge is 0.460 e. The topological polar surface area (TPSA) is 76.5 Å². The summed E-state index contributed by atoms with van der Waals surface area (Å²) in [4.78, 5) is 22.9. The molecule has 5 nitrogen and oxygen atoms in total. The summed E-state index contributed by atoms with van der Waals surface area (Å²) in [6, 6.07) is 0. The maximum atomic E-state index is 11.5. The molecule has 5 heteroatoms. The van der Waals surface area contributed by atoms with Crippen LogP contribution in [0.15, 0.2) is 0 Å². The van der Waals surface area contributed by atoms with Crippen LogP contribution in [0.2, 0.25) is 0 Å². The smallest absolute Gasteiger partial charge is 0.352 e. The van der Waals surface area contributed by atoms with E-state index in [9.17, 15) is 9.59 Å². The quantitative estimate of drug-likeness (QED) is 0.620. The van der Waals surface area contributed by atoms with Crippen LogP contribution in [-0.2, 0) is 19.1 Å². The second-order valence-electron chi connectivity index (χ2n) is 6.07. The third-order valence-electron chi connectivity index (χ3n) is 1.64. The minimum absolute atomic E-state index is 0.00927. The zero-order valence-electron chi connectivity index (χ0n) is 12.0. The van der Waals surface area contributed by atoms with E-state index < -0.39 is 23.1 Å². The van der Waals surface area contributed by atoms with E-state index in [1.165, 1.54) is 0 Å². The molecule has 0 aliphatic carbocycles. The number of ether oxygens (including phenoxy) is 2. The van der Waals surface area contributed by atoms with E-state index in [0.29, 0.717) is 0 Å². The first-order valence-electron chi connectivity index (χ1n) is 5.93. The monoisotopic (exact) mass is 257 g/mol. The van der Waals surface area contributed by atoms with Crippen LogP contribution in [0.3, 0.4) is 0 Å². The fraction of sp³-hybridized carbons (Fsp3) is 0.769. The van der Waals surface area contributed by atoms with Crippen molar-refractivity contribution in [1.82, 2.24) is 0 Å². The van der Waals surface area contributed by atoms with Crippen LogP contribution in [0.1, 0.15) is 54.4 Å². The number of carbonyl (C=O) groups excluding carboxylic acids is 2. The molecule has 0 radical (unpaired) electrons. The Balaban J connectivity index is 4.12. The minimum Gasteiger partial charge on any atom is -0.460 e. The van der Waals surface area contributed by atoms with Crippen molar-refractivity contribution in [2.24, 2.45) is 0 Å². The molecule has 0 aliphatic rings. The van der Waals surface area contributed by atoms with Gasteiger partial charge < -0.3 is 9.47 Å². The highest BCUT2D eigenvalue weighted by atomic mass is 16.6. The number of carbonyl (C=O) groups is 2. The Kier molecular flexibility index (Phi) is 5.52. The van der Waals surface area contributed by atoms with Gasteiger partial charge >= 0.3 is 11.9 Å². The molecule has 0 aromatic carbocycles. The molecule has 0 bridgehead atoms. The van der Waals surface area contributed by atoms with Crippen molar-refractivity contribution in [3.8, 4) is 0 Å². The van der Waals surface area contributed by atoms with E-state index in [0.717, 1.165) is 0 Å². The van der Waals surface area contributed by atoms with Crippen molar-refractivity contribution in [3.05, 3.63) is 0 Å². The zero-order valence-corrected chi connectivity index (χ0v) is 12.0. The molecule has 0 aromatic rings. The lowest BCUT2D eigenvalue weighted by Gasteiger charge is -2.20. The van der Waals surface area contributed by atoms with Crippen LogP contribution in [0.25, 0.3) is 0 Å². The number of hydrogen-bond acceptors (Lipinski definition) is 5. The highest BCUT2D eigenvalue weighted by Crippen LogP contribution is 2.11. The van der Waals surface area contributed by atoms with Gasteiger partial charge in [0.15, 0.2) is 0 Å². The van der Waals surface area contributed by atoms with E-state index >= 15 is 0 Å². The molecule has 104 valence electrons. The average Bonchev–Trinajstić information content (AvgIpc) is 2.08. The molecule has 18 heavy (non-hydrogen) atoms. The van der Waals surface area contributed by atoms with Crippen molar-refractivity contribution in [2.45, 2.75) is 65.6 Å². The number of hydrogen-bond donors (Lipinski definition) is 1. The second-order valence-corrected chi connectivity index (χ2v) is 6.07. The normalized spacial score (nSPS) is 11.9. The molecular formula is C13H23NO4. The zero-order chi connectivity index (χ0) is 14.6. The summed E-state index contributed by atoms with van der Waals surface area (Å²) in [6.45, 7) is 10.5. The Morgan fingerprint density at radius 3 is 1.72 bits per heavy atom. The fourth-order valence-electron chi connectivity index (χ4n) is 1.06. The number of esters is 2.